The van der Waals surface area contributed by atoms with E-state index in [1.54, 1.807) is 14.2 Å². The van der Waals surface area contributed by atoms with Crippen molar-refractivity contribution in [2.45, 2.75) is 38.0 Å². The van der Waals surface area contributed by atoms with Crippen LogP contribution < -0.4 is 20.1 Å². The number of nitrogens with one attached hydrogen (secondary N) is 2. The van der Waals surface area contributed by atoms with Crippen LogP contribution in [0.4, 0.5) is 4.79 Å². The third kappa shape index (κ3) is 5.63. The van der Waals surface area contributed by atoms with E-state index < -0.39 is 0 Å². The average molecular weight is 384 g/mol. The van der Waals surface area contributed by atoms with Gasteiger partial charge in [-0.3, -0.25) is 0 Å². The molecule has 0 spiro atoms. The molecular weight excluding hydrogens is 356 g/mol. The summed E-state index contributed by atoms with van der Waals surface area (Å²) in [7, 11) is 3.28. The van der Waals surface area contributed by atoms with Crippen molar-refractivity contribution in [1.29, 1.82) is 0 Å². The number of rotatable bonds is 9. The molecule has 0 atom stereocenters. The Balaban J connectivity index is 1.30. The summed E-state index contributed by atoms with van der Waals surface area (Å²) < 4.78 is 15.9. The highest BCUT2D eigenvalue weighted by Crippen LogP contribution is 2.27. The summed E-state index contributed by atoms with van der Waals surface area (Å²) in [5.41, 5.74) is 2.18. The first-order valence-corrected chi connectivity index (χ1v) is 9.59. The second-order valence-electron chi connectivity index (χ2n) is 6.96. The van der Waals surface area contributed by atoms with Crippen molar-refractivity contribution in [3.05, 3.63) is 59.7 Å². The standard InChI is InChI=1S/C22H28N2O4/c1-26-20-9-8-16(12-21(20)27-2)10-11-23-18-13-19(14-18)24-22(25)28-15-17-6-4-3-5-7-17/h3-9,12,18-19,23H,10-11,13-15H2,1-2H3,(H,24,25). The lowest BCUT2D eigenvalue weighted by Gasteiger charge is -2.36. The largest absolute Gasteiger partial charge is 0.493 e. The monoisotopic (exact) mass is 384 g/mol. The van der Waals surface area contributed by atoms with Gasteiger partial charge in [-0.1, -0.05) is 36.4 Å². The van der Waals surface area contributed by atoms with Crippen molar-refractivity contribution >= 4 is 6.09 Å². The van der Waals surface area contributed by atoms with Crippen LogP contribution in [0, 0.1) is 0 Å². The quantitative estimate of drug-likeness (QED) is 0.694. The van der Waals surface area contributed by atoms with Crippen LogP contribution in [0.2, 0.25) is 0 Å². The predicted octanol–water partition coefficient (Wildman–Crippen LogP) is 3.29. The normalized spacial score (nSPS) is 18.1. The molecule has 2 aromatic carbocycles. The van der Waals surface area contributed by atoms with E-state index >= 15 is 0 Å². The molecule has 0 unspecified atom stereocenters. The van der Waals surface area contributed by atoms with Gasteiger partial charge >= 0.3 is 6.09 Å². The highest BCUT2D eigenvalue weighted by molar-refractivity contribution is 5.67. The number of hydrogen-bond acceptors (Lipinski definition) is 5. The highest BCUT2D eigenvalue weighted by atomic mass is 16.5. The number of amides is 1. The first-order chi connectivity index (χ1) is 13.7. The van der Waals surface area contributed by atoms with Gasteiger partial charge in [-0.05, 0) is 49.1 Å². The zero-order valence-electron chi connectivity index (χ0n) is 16.4. The Morgan fingerprint density at radius 3 is 2.43 bits per heavy atom. The Hall–Kier alpha value is -2.73. The van der Waals surface area contributed by atoms with Gasteiger partial charge in [0.1, 0.15) is 6.61 Å². The molecule has 3 rings (SSSR count). The summed E-state index contributed by atoms with van der Waals surface area (Å²) in [5, 5.41) is 6.45. The molecule has 0 aliphatic heterocycles. The maximum atomic E-state index is 11.9. The Labute approximate surface area is 166 Å². The predicted molar refractivity (Wildman–Crippen MR) is 108 cm³/mol. The molecule has 0 bridgehead atoms. The number of ether oxygens (including phenoxy) is 3. The highest BCUT2D eigenvalue weighted by Gasteiger charge is 2.30. The number of carbonyl (C=O) groups is 1. The Kier molecular flexibility index (Phi) is 7.14. The van der Waals surface area contributed by atoms with Gasteiger partial charge in [-0.2, -0.15) is 0 Å². The molecule has 6 nitrogen and oxygen atoms in total. The number of carbonyl (C=O) groups excluding carboxylic acids is 1. The van der Waals surface area contributed by atoms with Crippen LogP contribution in [0.15, 0.2) is 48.5 Å². The average Bonchev–Trinajstić information content (AvgIpc) is 2.70. The third-order valence-corrected chi connectivity index (χ3v) is 4.97. The molecule has 0 saturated heterocycles. The molecule has 28 heavy (non-hydrogen) atoms. The Morgan fingerprint density at radius 2 is 1.71 bits per heavy atom. The van der Waals surface area contributed by atoms with Gasteiger partial charge in [-0.25, -0.2) is 4.79 Å². The van der Waals surface area contributed by atoms with Gasteiger partial charge in [0.2, 0.25) is 0 Å². The number of methoxy groups -OCH3 is 2. The topological polar surface area (TPSA) is 68.8 Å². The van der Waals surface area contributed by atoms with E-state index in [1.807, 2.05) is 42.5 Å². The second kappa shape index (κ2) is 9.99. The van der Waals surface area contributed by atoms with Gasteiger partial charge in [0, 0.05) is 12.1 Å². The third-order valence-electron chi connectivity index (χ3n) is 4.97. The molecule has 1 fully saturated rings. The van der Waals surface area contributed by atoms with Gasteiger partial charge in [0.15, 0.2) is 11.5 Å². The zero-order chi connectivity index (χ0) is 19.8. The van der Waals surface area contributed by atoms with Crippen LogP contribution in [0.5, 0.6) is 11.5 Å². The van der Waals surface area contributed by atoms with Crippen molar-refractivity contribution in [2.75, 3.05) is 20.8 Å². The first-order valence-electron chi connectivity index (χ1n) is 9.59. The van der Waals surface area contributed by atoms with E-state index in [9.17, 15) is 4.79 Å². The van der Waals surface area contributed by atoms with Crippen LogP contribution in [-0.2, 0) is 17.8 Å². The second-order valence-corrected chi connectivity index (χ2v) is 6.96. The van der Waals surface area contributed by atoms with E-state index in [1.165, 1.54) is 5.56 Å². The molecule has 2 aromatic rings. The van der Waals surface area contributed by atoms with Gasteiger partial charge < -0.3 is 24.8 Å². The van der Waals surface area contributed by atoms with Crippen molar-refractivity contribution in [3.8, 4) is 11.5 Å². The summed E-state index contributed by atoms with van der Waals surface area (Å²) in [5.74, 6) is 1.49. The lowest BCUT2D eigenvalue weighted by Crippen LogP contribution is -2.52. The molecular formula is C22H28N2O4. The lowest BCUT2D eigenvalue weighted by molar-refractivity contribution is 0.125. The van der Waals surface area contributed by atoms with E-state index in [0.717, 1.165) is 42.9 Å². The first kappa shape index (κ1) is 20.0. The number of hydrogen-bond donors (Lipinski definition) is 2. The number of benzene rings is 2. The van der Waals surface area contributed by atoms with E-state index in [2.05, 4.69) is 16.7 Å². The van der Waals surface area contributed by atoms with E-state index in [4.69, 9.17) is 14.2 Å². The molecule has 1 aliphatic carbocycles. The van der Waals surface area contributed by atoms with E-state index in [0.29, 0.717) is 12.6 Å². The minimum atomic E-state index is -0.349. The SMILES string of the molecule is COc1ccc(CCNC2CC(NC(=O)OCc3ccccc3)C2)cc1OC. The zero-order valence-corrected chi connectivity index (χ0v) is 16.4. The van der Waals surface area contributed by atoms with Crippen molar-refractivity contribution in [1.82, 2.24) is 10.6 Å². The van der Waals surface area contributed by atoms with Crippen LogP contribution in [0.25, 0.3) is 0 Å². The molecule has 150 valence electrons. The minimum Gasteiger partial charge on any atom is -0.493 e. The summed E-state index contributed by atoms with van der Waals surface area (Å²) >= 11 is 0. The number of alkyl carbamates (subject to hydrolysis) is 1. The van der Waals surface area contributed by atoms with Crippen LogP contribution in [0.3, 0.4) is 0 Å². The molecule has 0 radical (unpaired) electrons. The summed E-state index contributed by atoms with van der Waals surface area (Å²) in [6.45, 7) is 1.18. The summed E-state index contributed by atoms with van der Waals surface area (Å²) in [6, 6.07) is 16.3. The van der Waals surface area contributed by atoms with Gasteiger partial charge in [0.25, 0.3) is 0 Å². The van der Waals surface area contributed by atoms with Crippen LogP contribution >= 0.6 is 0 Å². The van der Waals surface area contributed by atoms with Gasteiger partial charge in [0.05, 0.1) is 14.2 Å². The Morgan fingerprint density at radius 1 is 0.964 bits per heavy atom. The summed E-state index contributed by atoms with van der Waals surface area (Å²) in [4.78, 5) is 11.9. The van der Waals surface area contributed by atoms with Crippen molar-refractivity contribution in [2.24, 2.45) is 0 Å². The maximum Gasteiger partial charge on any atom is 0.407 e. The van der Waals surface area contributed by atoms with Gasteiger partial charge in [-0.15, -0.1) is 0 Å². The fourth-order valence-electron chi connectivity index (χ4n) is 3.29. The van der Waals surface area contributed by atoms with E-state index in [-0.39, 0.29) is 12.1 Å². The molecule has 1 saturated carbocycles. The lowest BCUT2D eigenvalue weighted by atomic mass is 9.87. The van der Waals surface area contributed by atoms with Crippen LogP contribution in [0.1, 0.15) is 24.0 Å². The van der Waals surface area contributed by atoms with Crippen molar-refractivity contribution < 1.29 is 19.0 Å². The Bertz CT molecular complexity index is 760. The smallest absolute Gasteiger partial charge is 0.407 e. The van der Waals surface area contributed by atoms with Crippen molar-refractivity contribution in [3.63, 3.8) is 0 Å². The fraction of sp³-hybridized carbons (Fsp3) is 0.409. The molecule has 1 amide bonds. The summed E-state index contributed by atoms with van der Waals surface area (Å²) in [6.07, 6.45) is 2.41. The fourth-order valence-corrected chi connectivity index (χ4v) is 3.29. The molecule has 1 aliphatic rings. The maximum absolute atomic E-state index is 11.9. The molecule has 0 aromatic heterocycles. The molecule has 0 heterocycles. The molecule has 6 heteroatoms. The van der Waals surface area contributed by atoms with Crippen LogP contribution in [-0.4, -0.2) is 38.9 Å². The minimum absolute atomic E-state index is 0.182. The molecule has 2 N–H and O–H groups in total.